The summed E-state index contributed by atoms with van der Waals surface area (Å²) in [5.41, 5.74) is 11.0. The molecule has 1 amide bonds. The number of rotatable bonds is 6. The molecule has 3 aromatic heterocycles. The normalized spacial score (nSPS) is 24.9. The van der Waals surface area contributed by atoms with Crippen LogP contribution < -0.4 is 15.8 Å². The second kappa shape index (κ2) is 9.31. The van der Waals surface area contributed by atoms with E-state index in [1.54, 1.807) is 7.11 Å². The van der Waals surface area contributed by atoms with Crippen LogP contribution in [0.2, 0.25) is 0 Å². The quantitative estimate of drug-likeness (QED) is 0.385. The van der Waals surface area contributed by atoms with Gasteiger partial charge in [-0.1, -0.05) is 0 Å². The van der Waals surface area contributed by atoms with Crippen LogP contribution in [0.25, 0.3) is 33.6 Å². The average Bonchev–Trinajstić information content (AvgIpc) is 3.32. The highest BCUT2D eigenvalue weighted by Gasteiger charge is 2.47. The Balaban J connectivity index is 1.31. The van der Waals surface area contributed by atoms with Crippen LogP contribution in [-0.2, 0) is 6.54 Å². The number of hydrogen-bond acceptors (Lipinski definition) is 6. The molecule has 4 fully saturated rings. The Morgan fingerprint density at radius 2 is 1.98 bits per heavy atom. The molecule has 3 atom stereocenters. The Labute approximate surface area is 233 Å². The highest BCUT2D eigenvalue weighted by Crippen LogP contribution is 2.42. The summed E-state index contributed by atoms with van der Waals surface area (Å²) >= 11 is 0. The molecule has 208 valence electrons. The summed E-state index contributed by atoms with van der Waals surface area (Å²) < 4.78 is 10.8. The van der Waals surface area contributed by atoms with Crippen molar-refractivity contribution in [3.8, 4) is 17.3 Å². The van der Waals surface area contributed by atoms with Gasteiger partial charge in [-0.3, -0.25) is 4.79 Å². The molecule has 5 heterocycles. The van der Waals surface area contributed by atoms with E-state index in [9.17, 15) is 4.79 Å². The van der Waals surface area contributed by atoms with Gasteiger partial charge in [0.15, 0.2) is 5.82 Å². The molecule has 4 aliphatic rings. The number of piperidine rings is 2. The maximum Gasteiger partial charge on any atom is 0.254 e. The van der Waals surface area contributed by atoms with Gasteiger partial charge in [-0.05, 0) is 93.8 Å². The lowest BCUT2D eigenvalue weighted by molar-refractivity contribution is 0.0700. The van der Waals surface area contributed by atoms with Crippen molar-refractivity contribution in [1.82, 2.24) is 29.3 Å². The first-order valence-electron chi connectivity index (χ1n) is 14.9. The zero-order valence-corrected chi connectivity index (χ0v) is 23.1. The van der Waals surface area contributed by atoms with Gasteiger partial charge in [-0.2, -0.15) is 0 Å². The number of fused-ring (bicyclic) bond motifs is 4. The number of nitrogens with two attached hydrogens (primary N) is 1. The van der Waals surface area contributed by atoms with Gasteiger partial charge in [0.1, 0.15) is 16.9 Å². The molecule has 2 saturated heterocycles. The molecule has 2 unspecified atom stereocenters. The van der Waals surface area contributed by atoms with Gasteiger partial charge >= 0.3 is 0 Å². The maximum absolute atomic E-state index is 13.8. The fraction of sp³-hybridized carbons (Fsp3) is 0.516. The third-order valence-electron chi connectivity index (χ3n) is 9.83. The molecule has 0 radical (unpaired) electrons. The molecule has 4 aromatic rings. The number of methoxy groups -OCH3 is 1. The average molecular weight is 540 g/mol. The molecule has 1 aromatic carbocycles. The molecule has 2 bridgehead atoms. The number of nitrogens with zero attached hydrogens (tertiary/aromatic N) is 5. The van der Waals surface area contributed by atoms with Crippen molar-refractivity contribution in [2.75, 3.05) is 26.7 Å². The highest BCUT2D eigenvalue weighted by atomic mass is 16.5. The van der Waals surface area contributed by atoms with E-state index in [1.807, 2.05) is 29.3 Å². The number of carbonyl (C=O) groups excluding carboxylic acids is 1. The summed E-state index contributed by atoms with van der Waals surface area (Å²) in [7, 11) is 1.70. The Kier molecular flexibility index (Phi) is 5.67. The topological polar surface area (TPSA) is 103 Å². The van der Waals surface area contributed by atoms with Gasteiger partial charge < -0.3 is 29.8 Å². The maximum atomic E-state index is 13.8. The molecule has 2 aliphatic heterocycles. The molecule has 2 aliphatic carbocycles. The Bertz CT molecular complexity index is 1610. The van der Waals surface area contributed by atoms with Gasteiger partial charge in [-0.25, -0.2) is 9.97 Å². The predicted octanol–water partition coefficient (Wildman–Crippen LogP) is 3.96. The zero-order chi connectivity index (χ0) is 27.0. The van der Waals surface area contributed by atoms with Crippen LogP contribution in [0.15, 0.2) is 36.5 Å². The van der Waals surface area contributed by atoms with Gasteiger partial charge in [0.25, 0.3) is 5.91 Å². The number of hydrogen-bond donors (Lipinski definition) is 2. The number of imidazole rings is 1. The number of aromatic nitrogens is 4. The third-order valence-corrected chi connectivity index (χ3v) is 9.83. The summed E-state index contributed by atoms with van der Waals surface area (Å²) in [6.07, 6.45) is 8.53. The summed E-state index contributed by atoms with van der Waals surface area (Å²) in [4.78, 5) is 25.9. The number of pyridine rings is 1. The molecule has 9 nitrogen and oxygen atoms in total. The minimum absolute atomic E-state index is 0.0351. The predicted molar refractivity (Wildman–Crippen MR) is 154 cm³/mol. The van der Waals surface area contributed by atoms with Gasteiger partial charge in [-0.15, -0.1) is 0 Å². The molecule has 9 heteroatoms. The fourth-order valence-electron chi connectivity index (χ4n) is 7.54. The van der Waals surface area contributed by atoms with Crippen molar-refractivity contribution in [3.05, 3.63) is 42.1 Å². The molecular formula is C31H37N7O2. The van der Waals surface area contributed by atoms with E-state index < -0.39 is 0 Å². The lowest BCUT2D eigenvalue weighted by atomic mass is 10.0. The van der Waals surface area contributed by atoms with Crippen molar-refractivity contribution in [2.45, 2.75) is 63.2 Å². The number of amides is 1. The van der Waals surface area contributed by atoms with E-state index in [0.717, 1.165) is 85.4 Å². The van der Waals surface area contributed by atoms with E-state index in [0.29, 0.717) is 23.1 Å². The summed E-state index contributed by atoms with van der Waals surface area (Å²) in [6, 6.07) is 10.8. The first-order valence-corrected chi connectivity index (χ1v) is 14.9. The summed E-state index contributed by atoms with van der Waals surface area (Å²) in [5, 5.41) is 4.64. The van der Waals surface area contributed by atoms with E-state index in [2.05, 4.69) is 26.6 Å². The largest absolute Gasteiger partial charge is 0.494 e. The number of nitrogens with one attached hydrogen (secondary N) is 1. The van der Waals surface area contributed by atoms with Crippen molar-refractivity contribution in [1.29, 1.82) is 0 Å². The Hall–Kier alpha value is -3.43. The van der Waals surface area contributed by atoms with Crippen LogP contribution in [0.4, 0.5) is 0 Å². The van der Waals surface area contributed by atoms with Crippen molar-refractivity contribution < 1.29 is 9.53 Å². The van der Waals surface area contributed by atoms with E-state index in [1.165, 1.54) is 12.8 Å². The molecule has 3 N–H and O–H groups in total. The van der Waals surface area contributed by atoms with Gasteiger partial charge in [0.05, 0.1) is 18.3 Å². The van der Waals surface area contributed by atoms with Gasteiger partial charge in [0, 0.05) is 48.4 Å². The molecule has 8 rings (SSSR count). The van der Waals surface area contributed by atoms with Gasteiger partial charge in [0.2, 0.25) is 0 Å². The van der Waals surface area contributed by atoms with Crippen molar-refractivity contribution in [3.63, 3.8) is 0 Å². The van der Waals surface area contributed by atoms with Crippen molar-refractivity contribution in [2.24, 2.45) is 17.6 Å². The van der Waals surface area contributed by atoms with E-state index in [4.69, 9.17) is 20.4 Å². The third kappa shape index (κ3) is 3.78. The molecular weight excluding hydrogens is 502 g/mol. The van der Waals surface area contributed by atoms with Crippen LogP contribution >= 0.6 is 0 Å². The highest BCUT2D eigenvalue weighted by molar-refractivity contribution is 6.00. The SMILES string of the molecule is COc1cc(C(=O)N2CC3CCC2[C@@H]3N)cc2nc(-c3cc4cccnc4n3CC3CC3)n(C3CCNCC3)c12. The smallest absolute Gasteiger partial charge is 0.254 e. The lowest BCUT2D eigenvalue weighted by Gasteiger charge is -2.28. The second-order valence-corrected chi connectivity index (χ2v) is 12.3. The first-order chi connectivity index (χ1) is 19.6. The minimum Gasteiger partial charge on any atom is -0.494 e. The van der Waals surface area contributed by atoms with Crippen LogP contribution in [0.1, 0.15) is 54.9 Å². The fourth-order valence-corrected chi connectivity index (χ4v) is 7.54. The van der Waals surface area contributed by atoms with Crippen LogP contribution in [0.5, 0.6) is 5.75 Å². The lowest BCUT2D eigenvalue weighted by Crippen LogP contribution is -2.41. The summed E-state index contributed by atoms with van der Waals surface area (Å²) in [6.45, 7) is 3.62. The summed E-state index contributed by atoms with van der Waals surface area (Å²) in [5.74, 6) is 2.77. The zero-order valence-electron chi connectivity index (χ0n) is 23.1. The van der Waals surface area contributed by atoms with Crippen LogP contribution in [-0.4, -0.2) is 68.7 Å². The van der Waals surface area contributed by atoms with E-state index >= 15 is 0 Å². The second-order valence-electron chi connectivity index (χ2n) is 12.3. The first kappa shape index (κ1) is 24.4. The number of carbonyl (C=O) groups is 1. The van der Waals surface area contributed by atoms with Crippen LogP contribution in [0.3, 0.4) is 0 Å². The number of benzene rings is 1. The van der Waals surface area contributed by atoms with Crippen molar-refractivity contribution >= 4 is 28.0 Å². The van der Waals surface area contributed by atoms with Crippen LogP contribution in [0, 0.1) is 11.8 Å². The molecule has 0 spiro atoms. The molecule has 40 heavy (non-hydrogen) atoms. The standard InChI is InChI=1S/C31H37N7O2/c1-40-26-15-21(31(39)37-17-20-6-7-24(37)27(20)32)13-23-28(26)38(22-8-11-33-12-9-22)30(35-23)25-14-19-3-2-10-34-29(19)36(25)16-18-4-5-18/h2-3,10,13-15,18,20,22,24,27,33H,4-9,11-12,16-17,32H2,1H3/t20?,24?,27-/m1/s1. The Morgan fingerprint density at radius 1 is 1.12 bits per heavy atom. The van der Waals surface area contributed by atoms with E-state index in [-0.39, 0.29) is 24.0 Å². The molecule has 2 saturated carbocycles. The monoisotopic (exact) mass is 539 g/mol. The minimum atomic E-state index is 0.0351. The number of likely N-dealkylation sites (tertiary alicyclic amines) is 1. The number of ether oxygens (including phenoxy) is 1. The Morgan fingerprint density at radius 3 is 2.70 bits per heavy atom.